The van der Waals surface area contributed by atoms with Gasteiger partial charge in [-0.15, -0.1) is 0 Å². The second kappa shape index (κ2) is 9.59. The number of amides is 1. The van der Waals surface area contributed by atoms with Crippen LogP contribution in [0.15, 0.2) is 24.4 Å². The van der Waals surface area contributed by atoms with E-state index in [4.69, 9.17) is 10.5 Å². The van der Waals surface area contributed by atoms with Crippen LogP contribution >= 0.6 is 0 Å². The summed E-state index contributed by atoms with van der Waals surface area (Å²) >= 11 is 0. The predicted octanol–water partition coefficient (Wildman–Crippen LogP) is 0.865. The van der Waals surface area contributed by atoms with Crippen molar-refractivity contribution in [1.29, 1.82) is 0 Å². The van der Waals surface area contributed by atoms with Gasteiger partial charge < -0.3 is 26.4 Å². The van der Waals surface area contributed by atoms with Crippen LogP contribution in [0.3, 0.4) is 0 Å². The molecule has 0 atom stereocenters. The molecule has 0 radical (unpaired) electrons. The standard InChI is InChI=1S/C18H25N7O4S/c1-2-30(27,28)23-8-7-21-17-13(16(19)26)11-22-18(25-17)24-12-4-5-15-14(10-12)20-6-3-9-29-15/h4-5,10-11,20,23H,2-3,6-9H2,1H3,(H2,19,26)(H2,21,22,24,25). The Balaban J connectivity index is 1.72. The molecule has 0 saturated heterocycles. The molecule has 0 aliphatic carbocycles. The Morgan fingerprint density at radius 2 is 2.17 bits per heavy atom. The molecule has 2 heterocycles. The molecular weight excluding hydrogens is 410 g/mol. The zero-order valence-electron chi connectivity index (χ0n) is 16.6. The molecule has 3 rings (SSSR count). The highest BCUT2D eigenvalue weighted by Crippen LogP contribution is 2.30. The van der Waals surface area contributed by atoms with Crippen molar-refractivity contribution >= 4 is 39.1 Å². The number of primary amides is 1. The maximum atomic E-state index is 11.7. The van der Waals surface area contributed by atoms with E-state index >= 15 is 0 Å². The van der Waals surface area contributed by atoms with Gasteiger partial charge in [-0.1, -0.05) is 0 Å². The average Bonchev–Trinajstić information content (AvgIpc) is 2.96. The number of carbonyl (C=O) groups is 1. The van der Waals surface area contributed by atoms with Crippen LogP contribution in [0.2, 0.25) is 0 Å². The normalized spacial score (nSPS) is 13.4. The summed E-state index contributed by atoms with van der Waals surface area (Å²) < 4.78 is 31.1. The summed E-state index contributed by atoms with van der Waals surface area (Å²) in [5.74, 6) is 0.546. The van der Waals surface area contributed by atoms with Crippen LogP contribution in [0.25, 0.3) is 0 Å². The fourth-order valence-corrected chi connectivity index (χ4v) is 3.34. The van der Waals surface area contributed by atoms with E-state index in [1.807, 2.05) is 18.2 Å². The Morgan fingerprint density at radius 3 is 2.93 bits per heavy atom. The van der Waals surface area contributed by atoms with E-state index in [1.165, 1.54) is 6.20 Å². The van der Waals surface area contributed by atoms with Gasteiger partial charge in [-0.25, -0.2) is 18.1 Å². The quantitative estimate of drug-likeness (QED) is 0.360. The largest absolute Gasteiger partial charge is 0.491 e. The minimum Gasteiger partial charge on any atom is -0.491 e. The third-order valence-electron chi connectivity index (χ3n) is 4.30. The Hall–Kier alpha value is -3.12. The lowest BCUT2D eigenvalue weighted by Gasteiger charge is -2.13. The van der Waals surface area contributed by atoms with Crippen LogP contribution in [0.4, 0.5) is 23.1 Å². The number of anilines is 4. The number of nitrogens with two attached hydrogens (primary N) is 1. The minimum atomic E-state index is -3.30. The summed E-state index contributed by atoms with van der Waals surface area (Å²) in [6.07, 6.45) is 2.24. The molecule has 11 nitrogen and oxygen atoms in total. The Bertz CT molecular complexity index is 1010. The van der Waals surface area contributed by atoms with Crippen LogP contribution in [-0.4, -0.2) is 56.3 Å². The second-order valence-corrected chi connectivity index (χ2v) is 8.60. The molecule has 1 aromatic carbocycles. The van der Waals surface area contributed by atoms with E-state index in [0.29, 0.717) is 6.61 Å². The van der Waals surface area contributed by atoms with Gasteiger partial charge >= 0.3 is 0 Å². The number of rotatable bonds is 9. The number of sulfonamides is 1. The molecular formula is C18H25N7O4S. The van der Waals surface area contributed by atoms with Crippen molar-refractivity contribution in [1.82, 2.24) is 14.7 Å². The summed E-state index contributed by atoms with van der Waals surface area (Å²) in [6.45, 7) is 3.38. The maximum absolute atomic E-state index is 11.7. The van der Waals surface area contributed by atoms with E-state index in [-0.39, 0.29) is 36.2 Å². The number of benzene rings is 1. The molecule has 1 aliphatic rings. The number of nitrogens with one attached hydrogen (secondary N) is 4. The van der Waals surface area contributed by atoms with Crippen LogP contribution in [-0.2, 0) is 10.0 Å². The first-order valence-electron chi connectivity index (χ1n) is 9.54. The lowest BCUT2D eigenvalue weighted by atomic mass is 10.2. The molecule has 1 aliphatic heterocycles. The van der Waals surface area contributed by atoms with Gasteiger partial charge in [-0.05, 0) is 31.5 Å². The van der Waals surface area contributed by atoms with Gasteiger partial charge in [0.05, 0.1) is 23.6 Å². The number of carbonyl (C=O) groups excluding carboxylic acids is 1. The Labute approximate surface area is 174 Å². The number of nitrogens with zero attached hydrogens (tertiary/aromatic N) is 2. The minimum absolute atomic E-state index is 0.0121. The van der Waals surface area contributed by atoms with Gasteiger partial charge in [0.15, 0.2) is 0 Å². The van der Waals surface area contributed by atoms with Crippen molar-refractivity contribution < 1.29 is 17.9 Å². The summed E-state index contributed by atoms with van der Waals surface area (Å²) in [7, 11) is -3.30. The molecule has 0 fully saturated rings. The molecule has 0 spiro atoms. The average molecular weight is 436 g/mol. The summed E-state index contributed by atoms with van der Waals surface area (Å²) in [4.78, 5) is 20.1. The second-order valence-electron chi connectivity index (χ2n) is 6.51. The molecule has 1 aromatic heterocycles. The summed E-state index contributed by atoms with van der Waals surface area (Å²) in [5, 5.41) is 9.31. The van der Waals surface area contributed by atoms with Crippen LogP contribution < -0.4 is 31.1 Å². The van der Waals surface area contributed by atoms with Crippen molar-refractivity contribution in [3.63, 3.8) is 0 Å². The monoisotopic (exact) mass is 435 g/mol. The number of aromatic nitrogens is 2. The summed E-state index contributed by atoms with van der Waals surface area (Å²) in [5.41, 5.74) is 7.10. The third-order valence-corrected chi connectivity index (χ3v) is 5.71. The van der Waals surface area contributed by atoms with Gasteiger partial charge in [-0.2, -0.15) is 4.98 Å². The zero-order chi connectivity index (χ0) is 21.6. The zero-order valence-corrected chi connectivity index (χ0v) is 17.4. The molecule has 162 valence electrons. The summed E-state index contributed by atoms with van der Waals surface area (Å²) in [6, 6.07) is 5.58. The first-order valence-corrected chi connectivity index (χ1v) is 11.2. The van der Waals surface area contributed by atoms with E-state index in [0.717, 1.165) is 30.1 Å². The Morgan fingerprint density at radius 1 is 1.33 bits per heavy atom. The fourth-order valence-electron chi connectivity index (χ4n) is 2.72. The molecule has 30 heavy (non-hydrogen) atoms. The molecule has 6 N–H and O–H groups in total. The van der Waals surface area contributed by atoms with Gasteiger partial charge in [-0.3, -0.25) is 4.79 Å². The molecule has 0 bridgehead atoms. The number of ether oxygens (including phenoxy) is 1. The van der Waals surface area contributed by atoms with Gasteiger partial charge in [0.1, 0.15) is 11.6 Å². The molecule has 0 saturated carbocycles. The van der Waals surface area contributed by atoms with E-state index in [2.05, 4.69) is 30.6 Å². The van der Waals surface area contributed by atoms with Crippen molar-refractivity contribution in [3.8, 4) is 5.75 Å². The number of hydrogen-bond acceptors (Lipinski definition) is 9. The van der Waals surface area contributed by atoms with E-state index in [1.54, 1.807) is 6.92 Å². The lowest BCUT2D eigenvalue weighted by molar-refractivity contribution is 0.100. The van der Waals surface area contributed by atoms with Crippen molar-refractivity contribution in [2.24, 2.45) is 5.73 Å². The number of hydrogen-bond donors (Lipinski definition) is 5. The molecule has 0 unspecified atom stereocenters. The van der Waals surface area contributed by atoms with Gasteiger partial charge in [0, 0.05) is 31.5 Å². The maximum Gasteiger partial charge on any atom is 0.254 e. The molecule has 12 heteroatoms. The van der Waals surface area contributed by atoms with Gasteiger partial charge in [0.25, 0.3) is 5.91 Å². The molecule has 2 aromatic rings. The Kier molecular flexibility index (Phi) is 6.90. The fraction of sp³-hybridized carbons (Fsp3) is 0.389. The van der Waals surface area contributed by atoms with E-state index in [9.17, 15) is 13.2 Å². The first-order chi connectivity index (χ1) is 14.4. The third kappa shape index (κ3) is 5.70. The highest BCUT2D eigenvalue weighted by molar-refractivity contribution is 7.89. The van der Waals surface area contributed by atoms with Gasteiger partial charge in [0.2, 0.25) is 16.0 Å². The highest BCUT2D eigenvalue weighted by Gasteiger charge is 2.14. The predicted molar refractivity (Wildman–Crippen MR) is 115 cm³/mol. The van der Waals surface area contributed by atoms with Crippen molar-refractivity contribution in [2.75, 3.05) is 47.9 Å². The smallest absolute Gasteiger partial charge is 0.254 e. The van der Waals surface area contributed by atoms with Crippen LogP contribution in [0.5, 0.6) is 5.75 Å². The SMILES string of the molecule is CCS(=O)(=O)NCCNc1nc(Nc2ccc3c(c2)NCCCO3)ncc1C(N)=O. The van der Waals surface area contributed by atoms with Crippen LogP contribution in [0, 0.1) is 0 Å². The highest BCUT2D eigenvalue weighted by atomic mass is 32.2. The lowest BCUT2D eigenvalue weighted by Crippen LogP contribution is -2.30. The first kappa shape index (κ1) is 21.6. The van der Waals surface area contributed by atoms with Crippen LogP contribution in [0.1, 0.15) is 23.7 Å². The van der Waals surface area contributed by atoms with Crippen molar-refractivity contribution in [2.45, 2.75) is 13.3 Å². The molecule has 1 amide bonds. The number of fused-ring (bicyclic) bond motifs is 1. The van der Waals surface area contributed by atoms with Crippen molar-refractivity contribution in [3.05, 3.63) is 30.0 Å². The van der Waals surface area contributed by atoms with E-state index < -0.39 is 15.9 Å². The topological polar surface area (TPSA) is 160 Å².